The standard InChI is InChI=1S/C21H27N3O2S2/c1-21(2,3)18-15-27-20(22-18)23-19(25)17-9-8-16(28-17)7-5-4-6-10-24-11-13-26-14-12-24/h8-9,15H,4,6,10-14H2,1-3H3,(H,22,23,25). The van der Waals surface area contributed by atoms with Crippen LogP contribution in [-0.2, 0) is 10.2 Å². The fourth-order valence-electron chi connectivity index (χ4n) is 2.73. The van der Waals surface area contributed by atoms with E-state index in [4.69, 9.17) is 4.74 Å². The highest BCUT2D eigenvalue weighted by Gasteiger charge is 2.18. The maximum absolute atomic E-state index is 12.4. The molecule has 3 heterocycles. The van der Waals surface area contributed by atoms with Gasteiger partial charge in [0.15, 0.2) is 5.13 Å². The smallest absolute Gasteiger partial charge is 0.267 e. The molecule has 0 radical (unpaired) electrons. The Balaban J connectivity index is 1.47. The van der Waals surface area contributed by atoms with Gasteiger partial charge in [-0.1, -0.05) is 32.6 Å². The van der Waals surface area contributed by atoms with Gasteiger partial charge in [0.1, 0.15) is 0 Å². The molecule has 0 spiro atoms. The molecular weight excluding hydrogens is 390 g/mol. The van der Waals surface area contributed by atoms with Crippen LogP contribution in [0.4, 0.5) is 5.13 Å². The number of thiophene rings is 1. The van der Waals surface area contributed by atoms with Crippen molar-refractivity contribution in [2.45, 2.75) is 39.0 Å². The third kappa shape index (κ3) is 6.14. The second-order valence-corrected chi connectivity index (χ2v) is 9.71. The zero-order valence-electron chi connectivity index (χ0n) is 16.7. The van der Waals surface area contributed by atoms with Gasteiger partial charge in [-0.15, -0.1) is 22.7 Å². The molecule has 5 nitrogen and oxygen atoms in total. The van der Waals surface area contributed by atoms with Crippen molar-refractivity contribution in [2.75, 3.05) is 38.2 Å². The fourth-order valence-corrected chi connectivity index (χ4v) is 4.44. The summed E-state index contributed by atoms with van der Waals surface area (Å²) < 4.78 is 5.36. The van der Waals surface area contributed by atoms with Crippen LogP contribution in [0.3, 0.4) is 0 Å². The highest BCUT2D eigenvalue weighted by molar-refractivity contribution is 7.15. The van der Waals surface area contributed by atoms with Gasteiger partial charge in [0.2, 0.25) is 0 Å². The van der Waals surface area contributed by atoms with E-state index in [0.29, 0.717) is 10.0 Å². The van der Waals surface area contributed by atoms with Crippen LogP contribution in [0, 0.1) is 11.8 Å². The van der Waals surface area contributed by atoms with E-state index in [0.717, 1.165) is 56.3 Å². The second kappa shape index (κ2) is 9.66. The van der Waals surface area contributed by atoms with Crippen molar-refractivity contribution in [3.63, 3.8) is 0 Å². The van der Waals surface area contributed by atoms with Crippen molar-refractivity contribution in [3.05, 3.63) is 33.0 Å². The van der Waals surface area contributed by atoms with Gasteiger partial charge in [0.05, 0.1) is 28.7 Å². The summed E-state index contributed by atoms with van der Waals surface area (Å²) in [6.45, 7) is 11.1. The zero-order chi connectivity index (χ0) is 20.0. The summed E-state index contributed by atoms with van der Waals surface area (Å²) in [6.07, 6.45) is 1.93. The van der Waals surface area contributed by atoms with E-state index in [1.165, 1.54) is 22.7 Å². The Labute approximate surface area is 175 Å². The molecule has 7 heteroatoms. The normalized spacial score (nSPS) is 15.1. The summed E-state index contributed by atoms with van der Waals surface area (Å²) in [7, 11) is 0. The largest absolute Gasteiger partial charge is 0.379 e. The molecule has 1 amide bonds. The van der Waals surface area contributed by atoms with E-state index in [-0.39, 0.29) is 11.3 Å². The first kappa shape index (κ1) is 21.0. The number of nitrogens with one attached hydrogen (secondary N) is 1. The van der Waals surface area contributed by atoms with Crippen LogP contribution in [0.2, 0.25) is 0 Å². The first-order valence-electron chi connectivity index (χ1n) is 9.58. The predicted molar refractivity (Wildman–Crippen MR) is 116 cm³/mol. The molecule has 0 unspecified atom stereocenters. The highest BCUT2D eigenvalue weighted by Crippen LogP contribution is 2.27. The van der Waals surface area contributed by atoms with Crippen molar-refractivity contribution in [2.24, 2.45) is 0 Å². The number of nitrogens with zero attached hydrogens (tertiary/aromatic N) is 2. The van der Waals surface area contributed by atoms with Gasteiger partial charge in [-0.25, -0.2) is 4.98 Å². The number of aromatic nitrogens is 1. The van der Waals surface area contributed by atoms with Gasteiger partial charge in [-0.05, 0) is 25.1 Å². The number of hydrogen-bond donors (Lipinski definition) is 1. The van der Waals surface area contributed by atoms with Gasteiger partial charge in [-0.2, -0.15) is 0 Å². The molecule has 150 valence electrons. The fraction of sp³-hybridized carbons (Fsp3) is 0.524. The molecule has 1 aliphatic rings. The van der Waals surface area contributed by atoms with Crippen LogP contribution in [0.5, 0.6) is 0 Å². The van der Waals surface area contributed by atoms with Gasteiger partial charge in [0, 0.05) is 30.3 Å². The van der Waals surface area contributed by atoms with Crippen molar-refractivity contribution >= 4 is 33.7 Å². The average Bonchev–Trinajstić information content (AvgIpc) is 3.32. The number of morpholine rings is 1. The zero-order valence-corrected chi connectivity index (χ0v) is 18.3. The maximum atomic E-state index is 12.4. The monoisotopic (exact) mass is 417 g/mol. The number of ether oxygens (including phenoxy) is 1. The molecule has 0 aliphatic carbocycles. The van der Waals surface area contributed by atoms with Crippen LogP contribution in [0.15, 0.2) is 17.5 Å². The molecule has 2 aromatic heterocycles. The van der Waals surface area contributed by atoms with E-state index in [1.54, 1.807) is 0 Å². The van der Waals surface area contributed by atoms with E-state index in [1.807, 2.05) is 17.5 Å². The third-order valence-corrected chi connectivity index (χ3v) is 6.17. The third-order valence-electron chi connectivity index (χ3n) is 4.41. The number of unbranched alkanes of at least 4 members (excludes halogenated alkanes) is 1. The quantitative estimate of drug-likeness (QED) is 0.585. The first-order chi connectivity index (χ1) is 13.4. The molecule has 3 rings (SSSR count). The molecule has 0 saturated carbocycles. The highest BCUT2D eigenvalue weighted by atomic mass is 32.1. The number of carbonyl (C=O) groups excluding carboxylic acids is 1. The van der Waals surface area contributed by atoms with Crippen LogP contribution >= 0.6 is 22.7 Å². The predicted octanol–water partition coefficient (Wildman–Crippen LogP) is 4.22. The summed E-state index contributed by atoms with van der Waals surface area (Å²) >= 11 is 2.88. The summed E-state index contributed by atoms with van der Waals surface area (Å²) in [5.41, 5.74) is 0.968. The molecule has 1 saturated heterocycles. The minimum absolute atomic E-state index is 0.0209. The lowest BCUT2D eigenvalue weighted by Crippen LogP contribution is -2.36. The number of hydrogen-bond acceptors (Lipinski definition) is 6. The molecule has 2 aromatic rings. The second-order valence-electron chi connectivity index (χ2n) is 7.77. The Morgan fingerprint density at radius 2 is 2.11 bits per heavy atom. The van der Waals surface area contributed by atoms with Crippen LogP contribution in [0.1, 0.15) is 53.9 Å². The number of rotatable bonds is 5. The Morgan fingerprint density at radius 3 is 2.82 bits per heavy atom. The summed E-state index contributed by atoms with van der Waals surface area (Å²) in [5, 5.41) is 5.53. The molecule has 1 fully saturated rings. The van der Waals surface area contributed by atoms with Crippen molar-refractivity contribution in [3.8, 4) is 11.8 Å². The van der Waals surface area contributed by atoms with Crippen molar-refractivity contribution < 1.29 is 9.53 Å². The van der Waals surface area contributed by atoms with Crippen molar-refractivity contribution in [1.82, 2.24) is 9.88 Å². The summed E-state index contributed by atoms with van der Waals surface area (Å²) in [5.74, 6) is 6.28. The van der Waals surface area contributed by atoms with E-state index in [9.17, 15) is 4.79 Å². The summed E-state index contributed by atoms with van der Waals surface area (Å²) in [4.78, 5) is 21.0. The van der Waals surface area contributed by atoms with Crippen LogP contribution in [0.25, 0.3) is 0 Å². The van der Waals surface area contributed by atoms with Crippen molar-refractivity contribution in [1.29, 1.82) is 0 Å². The lowest BCUT2D eigenvalue weighted by Gasteiger charge is -2.26. The van der Waals surface area contributed by atoms with E-state index >= 15 is 0 Å². The molecule has 0 atom stereocenters. The van der Waals surface area contributed by atoms with Gasteiger partial charge < -0.3 is 4.74 Å². The van der Waals surface area contributed by atoms with E-state index < -0.39 is 0 Å². The van der Waals surface area contributed by atoms with Crippen LogP contribution < -0.4 is 5.32 Å². The number of carbonyl (C=O) groups is 1. The maximum Gasteiger partial charge on any atom is 0.267 e. The Bertz CT molecular complexity index is 849. The average molecular weight is 418 g/mol. The van der Waals surface area contributed by atoms with Crippen LogP contribution in [-0.4, -0.2) is 48.6 Å². The SMILES string of the molecule is CC(C)(C)c1csc(NC(=O)c2ccc(C#CCCCN3CCOCC3)s2)n1. The molecule has 0 aromatic carbocycles. The topological polar surface area (TPSA) is 54.5 Å². The Kier molecular flexibility index (Phi) is 7.24. The molecular formula is C21H27N3O2S2. The molecule has 0 bridgehead atoms. The van der Waals surface area contributed by atoms with E-state index in [2.05, 4.69) is 47.8 Å². The Morgan fingerprint density at radius 1 is 1.32 bits per heavy atom. The minimum Gasteiger partial charge on any atom is -0.379 e. The number of thiazole rings is 1. The first-order valence-corrected chi connectivity index (χ1v) is 11.3. The van der Waals surface area contributed by atoms with Gasteiger partial charge in [0.25, 0.3) is 5.91 Å². The van der Waals surface area contributed by atoms with Gasteiger partial charge >= 0.3 is 0 Å². The van der Waals surface area contributed by atoms with Gasteiger partial charge in [-0.3, -0.25) is 15.0 Å². The molecule has 1 aliphatic heterocycles. The molecule has 1 N–H and O–H groups in total. The molecule has 28 heavy (non-hydrogen) atoms. The minimum atomic E-state index is -0.125. The lowest BCUT2D eigenvalue weighted by atomic mass is 9.93. The Hall–Kier alpha value is -1.72. The number of anilines is 1. The lowest BCUT2D eigenvalue weighted by molar-refractivity contribution is 0.0376. The summed E-state index contributed by atoms with van der Waals surface area (Å²) in [6, 6.07) is 3.74. The number of amides is 1.